The molecule has 1 aliphatic rings. The number of rotatable bonds is 6. The first-order valence-electron chi connectivity index (χ1n) is 6.62. The summed E-state index contributed by atoms with van der Waals surface area (Å²) in [5.41, 5.74) is 5.96. The van der Waals surface area contributed by atoms with Crippen molar-refractivity contribution >= 4 is 23.5 Å². The molecule has 20 heavy (non-hydrogen) atoms. The molecule has 1 unspecified atom stereocenters. The Morgan fingerprint density at radius 3 is 2.50 bits per heavy atom. The van der Waals surface area contributed by atoms with Crippen LogP contribution in [0, 0.1) is 5.92 Å². The van der Waals surface area contributed by atoms with Crippen LogP contribution in [0.1, 0.15) is 30.9 Å². The lowest BCUT2D eigenvalue weighted by molar-refractivity contribution is -0.121. The van der Waals surface area contributed by atoms with Gasteiger partial charge in [-0.1, -0.05) is 23.7 Å². The monoisotopic (exact) mass is 295 g/mol. The van der Waals surface area contributed by atoms with Crippen molar-refractivity contribution in [1.29, 1.82) is 0 Å². The third-order valence-corrected chi connectivity index (χ3v) is 3.52. The zero-order valence-corrected chi connectivity index (χ0v) is 11.8. The van der Waals surface area contributed by atoms with E-state index in [0.717, 1.165) is 5.56 Å². The molecule has 0 heterocycles. The highest BCUT2D eigenvalue weighted by molar-refractivity contribution is 6.30. The molecule has 1 aromatic carbocycles. The third kappa shape index (κ3) is 4.74. The van der Waals surface area contributed by atoms with E-state index in [0.29, 0.717) is 17.5 Å². The van der Waals surface area contributed by atoms with Crippen LogP contribution in [0.15, 0.2) is 24.3 Å². The van der Waals surface area contributed by atoms with Crippen molar-refractivity contribution in [1.82, 2.24) is 10.6 Å². The normalized spacial score (nSPS) is 15.4. The number of hydrogen-bond donors (Lipinski definition) is 3. The number of benzene rings is 1. The summed E-state index contributed by atoms with van der Waals surface area (Å²) >= 11 is 5.83. The molecule has 0 aromatic heterocycles. The number of urea groups is 1. The van der Waals surface area contributed by atoms with Gasteiger partial charge in [-0.3, -0.25) is 4.79 Å². The van der Waals surface area contributed by atoms with Crippen LogP contribution in [0.2, 0.25) is 5.02 Å². The molecular formula is C14H18ClN3O2. The molecule has 3 amide bonds. The lowest BCUT2D eigenvalue weighted by atomic mass is 10.0. The second kappa shape index (κ2) is 6.61. The van der Waals surface area contributed by atoms with E-state index in [9.17, 15) is 9.59 Å². The van der Waals surface area contributed by atoms with Gasteiger partial charge in [-0.15, -0.1) is 0 Å². The van der Waals surface area contributed by atoms with E-state index in [4.69, 9.17) is 17.3 Å². The van der Waals surface area contributed by atoms with Crippen LogP contribution in [-0.2, 0) is 4.79 Å². The summed E-state index contributed by atoms with van der Waals surface area (Å²) in [6.07, 6.45) is 2.53. The summed E-state index contributed by atoms with van der Waals surface area (Å²) in [6.45, 7) is 0.711. The van der Waals surface area contributed by atoms with E-state index in [2.05, 4.69) is 10.6 Å². The number of nitrogens with two attached hydrogens (primary N) is 1. The minimum Gasteiger partial charge on any atom is -0.356 e. The van der Waals surface area contributed by atoms with Crippen molar-refractivity contribution in [2.75, 3.05) is 6.54 Å². The molecule has 2 rings (SSSR count). The van der Waals surface area contributed by atoms with Crippen LogP contribution < -0.4 is 16.4 Å². The highest BCUT2D eigenvalue weighted by Crippen LogP contribution is 2.27. The Morgan fingerprint density at radius 1 is 1.30 bits per heavy atom. The lowest BCUT2D eigenvalue weighted by Crippen LogP contribution is -2.37. The fourth-order valence-corrected chi connectivity index (χ4v) is 2.08. The number of carbonyl (C=O) groups excluding carboxylic acids is 2. The molecule has 108 valence electrons. The van der Waals surface area contributed by atoms with Crippen molar-refractivity contribution in [2.45, 2.75) is 25.3 Å². The maximum Gasteiger partial charge on any atom is 0.312 e. The maximum atomic E-state index is 11.9. The lowest BCUT2D eigenvalue weighted by Gasteiger charge is -2.17. The molecule has 0 aliphatic heterocycles. The summed E-state index contributed by atoms with van der Waals surface area (Å²) in [5, 5.41) is 6.06. The molecule has 0 spiro atoms. The third-order valence-electron chi connectivity index (χ3n) is 3.26. The number of primary amides is 1. The summed E-state index contributed by atoms with van der Waals surface area (Å²) in [5.74, 6) is 0.530. The van der Waals surface area contributed by atoms with Gasteiger partial charge in [-0.05, 0) is 36.5 Å². The number of nitrogens with one attached hydrogen (secondary N) is 2. The summed E-state index contributed by atoms with van der Waals surface area (Å²) in [6, 6.07) is 5.89. The highest BCUT2D eigenvalue weighted by Gasteiger charge is 2.23. The van der Waals surface area contributed by atoms with Gasteiger partial charge in [0.15, 0.2) is 0 Å². The molecule has 0 saturated heterocycles. The topological polar surface area (TPSA) is 84.2 Å². The fourth-order valence-electron chi connectivity index (χ4n) is 1.96. The molecule has 1 atom stereocenters. The van der Waals surface area contributed by atoms with Crippen LogP contribution in [0.5, 0.6) is 0 Å². The highest BCUT2D eigenvalue weighted by atomic mass is 35.5. The Hall–Kier alpha value is -1.75. The molecule has 0 bridgehead atoms. The van der Waals surface area contributed by atoms with Gasteiger partial charge in [0.25, 0.3) is 0 Å². The van der Waals surface area contributed by atoms with Crippen LogP contribution >= 0.6 is 11.6 Å². The van der Waals surface area contributed by atoms with Crippen molar-refractivity contribution in [3.05, 3.63) is 34.9 Å². The molecule has 0 radical (unpaired) electrons. The van der Waals surface area contributed by atoms with E-state index in [1.165, 1.54) is 12.8 Å². The Labute approximate surface area is 122 Å². The first-order chi connectivity index (χ1) is 9.54. The molecule has 1 saturated carbocycles. The van der Waals surface area contributed by atoms with E-state index < -0.39 is 12.1 Å². The molecule has 6 heteroatoms. The quantitative estimate of drug-likeness (QED) is 0.749. The average molecular weight is 296 g/mol. The average Bonchev–Trinajstić information content (AvgIpc) is 3.20. The first kappa shape index (κ1) is 14.7. The second-order valence-corrected chi connectivity index (χ2v) is 5.50. The standard InChI is InChI=1S/C14H18ClN3O2/c15-11-5-3-10(4-6-11)12(18-14(16)20)7-13(19)17-8-9-1-2-9/h3-6,9,12H,1-2,7-8H2,(H,17,19)(H3,16,18,20). The van der Waals surface area contributed by atoms with Crippen LogP contribution in [0.4, 0.5) is 4.79 Å². The Morgan fingerprint density at radius 2 is 1.95 bits per heavy atom. The summed E-state index contributed by atoms with van der Waals surface area (Å²) < 4.78 is 0. The molecule has 1 fully saturated rings. The first-order valence-corrected chi connectivity index (χ1v) is 7.00. The van der Waals surface area contributed by atoms with Gasteiger partial charge in [0.2, 0.25) is 5.91 Å². The fraction of sp³-hybridized carbons (Fsp3) is 0.429. The van der Waals surface area contributed by atoms with Gasteiger partial charge in [-0.25, -0.2) is 4.79 Å². The molecular weight excluding hydrogens is 278 g/mol. The SMILES string of the molecule is NC(=O)NC(CC(=O)NCC1CC1)c1ccc(Cl)cc1. The predicted octanol–water partition coefficient (Wildman–Crippen LogP) is 1.97. The van der Waals surface area contributed by atoms with Crippen molar-refractivity contribution in [3.63, 3.8) is 0 Å². The van der Waals surface area contributed by atoms with Crippen molar-refractivity contribution < 1.29 is 9.59 Å². The summed E-state index contributed by atoms with van der Waals surface area (Å²) in [4.78, 5) is 22.9. The maximum absolute atomic E-state index is 11.9. The largest absolute Gasteiger partial charge is 0.356 e. The van der Waals surface area contributed by atoms with Gasteiger partial charge in [-0.2, -0.15) is 0 Å². The Kier molecular flexibility index (Phi) is 4.84. The van der Waals surface area contributed by atoms with Crippen LogP contribution in [0.25, 0.3) is 0 Å². The molecule has 4 N–H and O–H groups in total. The number of carbonyl (C=O) groups is 2. The van der Waals surface area contributed by atoms with E-state index >= 15 is 0 Å². The molecule has 5 nitrogen and oxygen atoms in total. The zero-order chi connectivity index (χ0) is 14.5. The van der Waals surface area contributed by atoms with E-state index in [1.807, 2.05) is 0 Å². The van der Waals surface area contributed by atoms with Gasteiger partial charge < -0.3 is 16.4 Å². The van der Waals surface area contributed by atoms with Gasteiger partial charge in [0, 0.05) is 11.6 Å². The number of hydrogen-bond acceptors (Lipinski definition) is 2. The van der Waals surface area contributed by atoms with E-state index in [1.54, 1.807) is 24.3 Å². The smallest absolute Gasteiger partial charge is 0.312 e. The number of halogens is 1. The summed E-state index contributed by atoms with van der Waals surface area (Å²) in [7, 11) is 0. The minimum atomic E-state index is -0.653. The van der Waals surface area contributed by atoms with Crippen molar-refractivity contribution in [2.24, 2.45) is 11.7 Å². The minimum absolute atomic E-state index is 0.0920. The van der Waals surface area contributed by atoms with Crippen LogP contribution in [-0.4, -0.2) is 18.5 Å². The van der Waals surface area contributed by atoms with Crippen LogP contribution in [0.3, 0.4) is 0 Å². The number of amides is 3. The Bertz CT molecular complexity index is 486. The Balaban J connectivity index is 1.96. The van der Waals surface area contributed by atoms with E-state index in [-0.39, 0.29) is 12.3 Å². The van der Waals surface area contributed by atoms with Gasteiger partial charge >= 0.3 is 6.03 Å². The predicted molar refractivity (Wildman–Crippen MR) is 77.3 cm³/mol. The van der Waals surface area contributed by atoms with Gasteiger partial charge in [0.1, 0.15) is 0 Å². The molecule has 1 aromatic rings. The van der Waals surface area contributed by atoms with Gasteiger partial charge in [0.05, 0.1) is 12.5 Å². The molecule has 1 aliphatic carbocycles. The van der Waals surface area contributed by atoms with Crippen molar-refractivity contribution in [3.8, 4) is 0 Å². The zero-order valence-electron chi connectivity index (χ0n) is 11.1. The second-order valence-electron chi connectivity index (χ2n) is 5.06.